The molecule has 1 saturated heterocycles. The van der Waals surface area contributed by atoms with Gasteiger partial charge in [-0.05, 0) is 86.8 Å². The summed E-state index contributed by atoms with van der Waals surface area (Å²) >= 11 is 6.36. The number of amides is 1. The number of hydrogen-bond acceptors (Lipinski definition) is 5. The van der Waals surface area contributed by atoms with E-state index in [1.807, 2.05) is 27.7 Å². The molecule has 0 saturated carbocycles. The maximum Gasteiger partial charge on any atom is 0.300 e. The molecule has 0 radical (unpaired) electrons. The van der Waals surface area contributed by atoms with Crippen LogP contribution in [0.25, 0.3) is 5.76 Å². The van der Waals surface area contributed by atoms with Crippen molar-refractivity contribution in [1.82, 2.24) is 0 Å². The van der Waals surface area contributed by atoms with E-state index in [1.54, 1.807) is 67.8 Å². The number of nitrogens with zero attached hydrogens (tertiary/aromatic N) is 1. The number of aliphatic hydroxyl groups excluding tert-OH is 1. The minimum atomic E-state index is -0.884. The normalized spacial score (nSPS) is 17.1. The molecule has 1 aliphatic rings. The molecule has 0 bridgehead atoms. The third-order valence-electron chi connectivity index (χ3n) is 6.10. The first-order valence-corrected chi connectivity index (χ1v) is 12.0. The highest BCUT2D eigenvalue weighted by Crippen LogP contribution is 2.43. The summed E-state index contributed by atoms with van der Waals surface area (Å²) in [4.78, 5) is 28.1. The van der Waals surface area contributed by atoms with Gasteiger partial charge in [-0.15, -0.1) is 0 Å². The van der Waals surface area contributed by atoms with E-state index in [4.69, 9.17) is 21.1 Å². The molecule has 0 aliphatic carbocycles. The fraction of sp³-hybridized carbons (Fsp3) is 0.241. The molecule has 1 unspecified atom stereocenters. The van der Waals surface area contributed by atoms with Gasteiger partial charge in [0.2, 0.25) is 0 Å². The number of ketones is 1. The number of ether oxygens (including phenoxy) is 2. The van der Waals surface area contributed by atoms with Gasteiger partial charge in [-0.3, -0.25) is 14.5 Å². The van der Waals surface area contributed by atoms with Crippen LogP contribution in [0.4, 0.5) is 5.69 Å². The predicted octanol–water partition coefficient (Wildman–Crippen LogP) is 6.38. The average Bonchev–Trinajstić information content (AvgIpc) is 3.12. The topological polar surface area (TPSA) is 76.1 Å². The number of Topliss-reactive ketones (excluding diaryl/α,β-unsaturated/α-hetero) is 1. The fourth-order valence-electron chi connectivity index (χ4n) is 4.30. The number of benzene rings is 3. The quantitative estimate of drug-likeness (QED) is 0.239. The second-order valence-electron chi connectivity index (χ2n) is 9.03. The first-order chi connectivity index (χ1) is 17.1. The molecule has 7 heteroatoms. The average molecular weight is 506 g/mol. The lowest BCUT2D eigenvalue weighted by molar-refractivity contribution is -0.132. The van der Waals surface area contributed by atoms with Crippen molar-refractivity contribution in [3.05, 3.63) is 93.5 Å². The minimum Gasteiger partial charge on any atom is -0.507 e. The van der Waals surface area contributed by atoms with Crippen molar-refractivity contribution in [2.24, 2.45) is 0 Å². The molecular weight excluding hydrogens is 478 g/mol. The molecule has 1 aliphatic heterocycles. The van der Waals surface area contributed by atoms with E-state index in [0.717, 1.165) is 11.1 Å². The van der Waals surface area contributed by atoms with Crippen molar-refractivity contribution in [2.75, 3.05) is 12.0 Å². The summed E-state index contributed by atoms with van der Waals surface area (Å²) in [5, 5.41) is 11.9. The molecule has 1 heterocycles. The highest BCUT2D eigenvalue weighted by atomic mass is 35.5. The van der Waals surface area contributed by atoms with Gasteiger partial charge in [-0.25, -0.2) is 0 Å². The molecule has 4 rings (SSSR count). The van der Waals surface area contributed by atoms with Gasteiger partial charge >= 0.3 is 0 Å². The summed E-state index contributed by atoms with van der Waals surface area (Å²) in [7, 11) is 1.54. The van der Waals surface area contributed by atoms with Crippen LogP contribution in [0.1, 0.15) is 42.1 Å². The Bertz CT molecular complexity index is 1380. The Kier molecular flexibility index (Phi) is 7.09. The van der Waals surface area contributed by atoms with Crippen LogP contribution >= 0.6 is 11.6 Å². The summed E-state index contributed by atoms with van der Waals surface area (Å²) in [6, 6.07) is 16.6. The number of hydrogen-bond donors (Lipinski definition) is 1. The van der Waals surface area contributed by atoms with Gasteiger partial charge in [-0.2, -0.15) is 0 Å². The summed E-state index contributed by atoms with van der Waals surface area (Å²) in [6.07, 6.45) is -0.0112. The summed E-state index contributed by atoms with van der Waals surface area (Å²) in [5.74, 6) is -0.550. The maximum atomic E-state index is 13.4. The zero-order valence-electron chi connectivity index (χ0n) is 20.8. The predicted molar refractivity (Wildman–Crippen MR) is 141 cm³/mol. The summed E-state index contributed by atoms with van der Waals surface area (Å²) in [6.45, 7) is 7.58. The van der Waals surface area contributed by atoms with Crippen molar-refractivity contribution in [2.45, 2.75) is 39.8 Å². The van der Waals surface area contributed by atoms with Gasteiger partial charge in [0.05, 0.1) is 24.8 Å². The number of rotatable bonds is 6. The van der Waals surface area contributed by atoms with E-state index < -0.39 is 17.7 Å². The molecule has 1 atom stereocenters. The second-order valence-corrected chi connectivity index (χ2v) is 9.43. The molecule has 3 aromatic carbocycles. The molecular formula is C29H28ClNO5. The molecule has 3 aromatic rings. The first-order valence-electron chi connectivity index (χ1n) is 11.6. The molecule has 1 amide bonds. The first kappa shape index (κ1) is 25.3. The molecule has 1 fully saturated rings. The van der Waals surface area contributed by atoms with Gasteiger partial charge in [-0.1, -0.05) is 29.8 Å². The van der Waals surface area contributed by atoms with E-state index >= 15 is 0 Å². The van der Waals surface area contributed by atoms with E-state index in [1.165, 1.54) is 4.90 Å². The summed E-state index contributed by atoms with van der Waals surface area (Å²) in [5.41, 5.74) is 3.11. The number of carbonyl (C=O) groups excluding carboxylic acids is 2. The maximum absolute atomic E-state index is 13.4. The van der Waals surface area contributed by atoms with Crippen molar-refractivity contribution in [3.8, 4) is 11.5 Å². The summed E-state index contributed by atoms with van der Waals surface area (Å²) < 4.78 is 11.2. The van der Waals surface area contributed by atoms with Crippen LogP contribution in [0.3, 0.4) is 0 Å². The Balaban J connectivity index is 1.92. The van der Waals surface area contributed by atoms with Gasteiger partial charge in [0, 0.05) is 16.3 Å². The van der Waals surface area contributed by atoms with E-state index in [0.29, 0.717) is 33.3 Å². The van der Waals surface area contributed by atoms with Crippen molar-refractivity contribution in [3.63, 3.8) is 0 Å². The lowest BCUT2D eigenvalue weighted by Gasteiger charge is -2.26. The smallest absolute Gasteiger partial charge is 0.300 e. The van der Waals surface area contributed by atoms with Crippen LogP contribution in [-0.4, -0.2) is 30.0 Å². The zero-order chi connectivity index (χ0) is 26.1. The minimum absolute atomic E-state index is 0.0112. The Morgan fingerprint density at radius 1 is 1.00 bits per heavy atom. The third kappa shape index (κ3) is 4.69. The van der Waals surface area contributed by atoms with Crippen LogP contribution < -0.4 is 14.4 Å². The van der Waals surface area contributed by atoms with Crippen LogP contribution in [0.2, 0.25) is 5.02 Å². The van der Waals surface area contributed by atoms with Gasteiger partial charge < -0.3 is 14.6 Å². The van der Waals surface area contributed by atoms with Gasteiger partial charge in [0.25, 0.3) is 11.7 Å². The van der Waals surface area contributed by atoms with Crippen molar-refractivity contribution < 1.29 is 24.2 Å². The Hall–Kier alpha value is -3.77. The second kappa shape index (κ2) is 10.1. The Morgan fingerprint density at radius 3 is 2.39 bits per heavy atom. The molecule has 0 spiro atoms. The lowest BCUT2D eigenvalue weighted by atomic mass is 9.94. The van der Waals surface area contributed by atoms with Crippen molar-refractivity contribution in [1.29, 1.82) is 0 Å². The highest BCUT2D eigenvalue weighted by Gasteiger charge is 2.47. The zero-order valence-corrected chi connectivity index (χ0v) is 21.6. The van der Waals surface area contributed by atoms with Gasteiger partial charge in [0.1, 0.15) is 17.3 Å². The number of anilines is 1. The SMILES string of the molecule is COc1cccc(C2/C(=C(\O)c3ccc(OC(C)C)c(C)c3)C(=O)C(=O)N2c2ccc(C)c(Cl)c2)c1. The van der Waals surface area contributed by atoms with Crippen LogP contribution in [0.15, 0.2) is 66.2 Å². The van der Waals surface area contributed by atoms with Crippen LogP contribution in [-0.2, 0) is 9.59 Å². The van der Waals surface area contributed by atoms with E-state index in [9.17, 15) is 14.7 Å². The van der Waals surface area contributed by atoms with Crippen LogP contribution in [0, 0.1) is 13.8 Å². The van der Waals surface area contributed by atoms with E-state index in [2.05, 4.69) is 0 Å². The standard InChI is InChI=1S/C29H28ClNO5/c1-16(2)36-24-12-10-20(13-18(24)4)27(32)25-26(19-7-6-8-22(14-19)35-5)31(29(34)28(25)33)21-11-9-17(3)23(30)15-21/h6-16,26,32H,1-5H3/b27-25+. The van der Waals surface area contributed by atoms with E-state index in [-0.39, 0.29) is 17.4 Å². The molecule has 0 aromatic heterocycles. The monoisotopic (exact) mass is 505 g/mol. The molecule has 1 N–H and O–H groups in total. The van der Waals surface area contributed by atoms with Crippen LogP contribution in [0.5, 0.6) is 11.5 Å². The number of carbonyl (C=O) groups is 2. The van der Waals surface area contributed by atoms with Crippen molar-refractivity contribution >= 4 is 34.7 Å². The molecule has 186 valence electrons. The highest BCUT2D eigenvalue weighted by molar-refractivity contribution is 6.51. The molecule has 36 heavy (non-hydrogen) atoms. The number of aliphatic hydroxyl groups is 1. The lowest BCUT2D eigenvalue weighted by Crippen LogP contribution is -2.29. The Morgan fingerprint density at radius 2 is 1.75 bits per heavy atom. The van der Waals surface area contributed by atoms with Gasteiger partial charge in [0.15, 0.2) is 0 Å². The fourth-order valence-corrected chi connectivity index (χ4v) is 4.47. The number of halogens is 1. The number of aryl methyl sites for hydroxylation is 2. The number of methoxy groups -OCH3 is 1. The molecule has 6 nitrogen and oxygen atoms in total. The third-order valence-corrected chi connectivity index (χ3v) is 6.51. The Labute approximate surface area is 215 Å². The largest absolute Gasteiger partial charge is 0.507 e.